The predicted molar refractivity (Wildman–Crippen MR) is 107 cm³/mol. The van der Waals surface area contributed by atoms with Gasteiger partial charge in [-0.1, -0.05) is 20.8 Å². The molecule has 0 radical (unpaired) electrons. The molecule has 2 rings (SSSR count). The average molecular weight is 364 g/mol. The topological polar surface area (TPSA) is 63.5 Å². The van der Waals surface area contributed by atoms with Crippen molar-refractivity contribution in [2.24, 2.45) is 16.3 Å². The van der Waals surface area contributed by atoms with Crippen LogP contribution < -0.4 is 10.6 Å². The van der Waals surface area contributed by atoms with Gasteiger partial charge < -0.3 is 19.9 Å². The molecule has 6 nitrogen and oxygen atoms in total. The number of nitrogens with zero attached hydrogens (tertiary/aromatic N) is 3. The van der Waals surface area contributed by atoms with Crippen molar-refractivity contribution in [2.75, 3.05) is 26.7 Å². The standard InChI is InChI=1S/C20H37N5O/c1-16-22-11-13-25(16)12-7-6-10-23-19(21-5)24-15-17-9-8-14-26-18(17)20(2,3)4/h11,13,17-18H,6-10,12,14-15H2,1-5H3,(H2,21,23,24). The van der Waals surface area contributed by atoms with Crippen molar-refractivity contribution in [1.82, 2.24) is 20.2 Å². The van der Waals surface area contributed by atoms with E-state index in [9.17, 15) is 0 Å². The normalized spacial score (nSPS) is 21.7. The van der Waals surface area contributed by atoms with E-state index in [2.05, 4.69) is 45.9 Å². The highest BCUT2D eigenvalue weighted by molar-refractivity contribution is 5.79. The van der Waals surface area contributed by atoms with Crippen LogP contribution in [0, 0.1) is 18.3 Å². The summed E-state index contributed by atoms with van der Waals surface area (Å²) < 4.78 is 8.27. The van der Waals surface area contributed by atoms with E-state index >= 15 is 0 Å². The molecular formula is C20H37N5O. The molecule has 2 atom stereocenters. The second-order valence-electron chi connectivity index (χ2n) is 8.31. The van der Waals surface area contributed by atoms with Crippen molar-refractivity contribution in [1.29, 1.82) is 0 Å². The number of rotatable bonds is 7. The van der Waals surface area contributed by atoms with Gasteiger partial charge in [-0.15, -0.1) is 0 Å². The van der Waals surface area contributed by atoms with E-state index in [0.717, 1.165) is 57.3 Å². The number of hydrogen-bond donors (Lipinski definition) is 2. The van der Waals surface area contributed by atoms with Gasteiger partial charge in [-0.05, 0) is 38.0 Å². The van der Waals surface area contributed by atoms with Gasteiger partial charge in [0, 0.05) is 51.6 Å². The molecule has 1 aromatic heterocycles. The number of nitrogens with one attached hydrogen (secondary N) is 2. The van der Waals surface area contributed by atoms with Crippen LogP contribution in [-0.4, -0.2) is 48.4 Å². The highest BCUT2D eigenvalue weighted by Gasteiger charge is 2.35. The van der Waals surface area contributed by atoms with Crippen LogP contribution in [0.5, 0.6) is 0 Å². The van der Waals surface area contributed by atoms with Gasteiger partial charge in [0.15, 0.2) is 5.96 Å². The summed E-state index contributed by atoms with van der Waals surface area (Å²) in [5, 5.41) is 6.93. The predicted octanol–water partition coefficient (Wildman–Crippen LogP) is 2.98. The largest absolute Gasteiger partial charge is 0.377 e. The quantitative estimate of drug-likeness (QED) is 0.444. The third kappa shape index (κ3) is 6.31. The van der Waals surface area contributed by atoms with Crippen molar-refractivity contribution in [3.63, 3.8) is 0 Å². The SMILES string of the molecule is CN=C(NCCCCn1ccnc1C)NCC1CCCOC1C(C)(C)C. The average Bonchev–Trinajstić information content (AvgIpc) is 3.02. The van der Waals surface area contributed by atoms with Gasteiger partial charge in [-0.25, -0.2) is 4.98 Å². The molecule has 0 spiro atoms. The van der Waals surface area contributed by atoms with E-state index in [1.165, 1.54) is 6.42 Å². The van der Waals surface area contributed by atoms with Gasteiger partial charge in [-0.2, -0.15) is 0 Å². The minimum absolute atomic E-state index is 0.176. The minimum Gasteiger partial charge on any atom is -0.377 e. The lowest BCUT2D eigenvalue weighted by Crippen LogP contribution is -2.47. The van der Waals surface area contributed by atoms with Crippen LogP contribution in [0.3, 0.4) is 0 Å². The van der Waals surface area contributed by atoms with Gasteiger partial charge in [0.2, 0.25) is 0 Å². The molecule has 0 aromatic carbocycles. The number of hydrogen-bond acceptors (Lipinski definition) is 3. The van der Waals surface area contributed by atoms with Gasteiger partial charge >= 0.3 is 0 Å². The molecule has 2 unspecified atom stereocenters. The van der Waals surface area contributed by atoms with Gasteiger partial charge in [0.1, 0.15) is 5.82 Å². The summed E-state index contributed by atoms with van der Waals surface area (Å²) in [4.78, 5) is 8.62. The van der Waals surface area contributed by atoms with Crippen molar-refractivity contribution in [3.05, 3.63) is 18.2 Å². The molecule has 0 bridgehead atoms. The zero-order chi connectivity index (χ0) is 19.0. The Morgan fingerprint density at radius 1 is 1.35 bits per heavy atom. The first kappa shape index (κ1) is 20.7. The van der Waals surface area contributed by atoms with Crippen molar-refractivity contribution < 1.29 is 4.74 Å². The molecule has 1 aliphatic heterocycles. The number of unbranched alkanes of at least 4 members (excludes halogenated alkanes) is 1. The van der Waals surface area contributed by atoms with E-state index in [0.29, 0.717) is 12.0 Å². The first-order valence-corrected chi connectivity index (χ1v) is 9.95. The Morgan fingerprint density at radius 2 is 2.15 bits per heavy atom. The third-order valence-electron chi connectivity index (χ3n) is 5.10. The summed E-state index contributed by atoms with van der Waals surface area (Å²) in [6.45, 7) is 12.6. The fraction of sp³-hybridized carbons (Fsp3) is 0.800. The number of aliphatic imine (C=N–C) groups is 1. The smallest absolute Gasteiger partial charge is 0.190 e. The van der Waals surface area contributed by atoms with E-state index in [1.54, 1.807) is 0 Å². The maximum absolute atomic E-state index is 6.07. The van der Waals surface area contributed by atoms with Gasteiger partial charge in [0.05, 0.1) is 6.10 Å². The first-order chi connectivity index (χ1) is 12.4. The van der Waals surface area contributed by atoms with Crippen LogP contribution in [0.25, 0.3) is 0 Å². The summed E-state index contributed by atoms with van der Waals surface area (Å²) in [5.74, 6) is 2.51. The Kier molecular flexibility index (Phi) is 7.94. The first-order valence-electron chi connectivity index (χ1n) is 9.95. The van der Waals surface area contributed by atoms with Crippen LogP contribution in [0.4, 0.5) is 0 Å². The molecule has 26 heavy (non-hydrogen) atoms. The molecule has 2 N–H and O–H groups in total. The van der Waals surface area contributed by atoms with Crippen LogP contribution in [0.2, 0.25) is 0 Å². The number of aromatic nitrogens is 2. The summed E-state index contributed by atoms with van der Waals surface area (Å²) >= 11 is 0. The second-order valence-corrected chi connectivity index (χ2v) is 8.31. The van der Waals surface area contributed by atoms with Crippen molar-refractivity contribution in [2.45, 2.75) is 66.0 Å². The maximum atomic E-state index is 6.07. The summed E-state index contributed by atoms with van der Waals surface area (Å²) in [5.41, 5.74) is 0.176. The molecule has 0 aliphatic carbocycles. The highest BCUT2D eigenvalue weighted by Crippen LogP contribution is 2.33. The zero-order valence-electron chi connectivity index (χ0n) is 17.2. The lowest BCUT2D eigenvalue weighted by Gasteiger charge is -2.40. The maximum Gasteiger partial charge on any atom is 0.190 e. The number of ether oxygens (including phenoxy) is 1. The molecule has 6 heteroatoms. The van der Waals surface area contributed by atoms with E-state index < -0.39 is 0 Å². The Balaban J connectivity index is 1.67. The molecule has 2 heterocycles. The summed E-state index contributed by atoms with van der Waals surface area (Å²) in [6.07, 6.45) is 8.81. The summed E-state index contributed by atoms with van der Waals surface area (Å²) in [7, 11) is 1.84. The van der Waals surface area contributed by atoms with Crippen molar-refractivity contribution in [3.8, 4) is 0 Å². The number of imidazole rings is 1. The van der Waals surface area contributed by atoms with Gasteiger partial charge in [-0.3, -0.25) is 4.99 Å². The minimum atomic E-state index is 0.176. The van der Waals surface area contributed by atoms with E-state index in [1.807, 2.05) is 26.4 Å². The Labute approximate surface area is 158 Å². The van der Waals surface area contributed by atoms with Crippen LogP contribution in [0.1, 0.15) is 52.3 Å². The Bertz CT molecular complexity index is 561. The lowest BCUT2D eigenvalue weighted by atomic mass is 9.78. The van der Waals surface area contributed by atoms with Crippen molar-refractivity contribution >= 4 is 5.96 Å². The Morgan fingerprint density at radius 3 is 2.81 bits per heavy atom. The van der Waals surface area contributed by atoms with Crippen LogP contribution in [-0.2, 0) is 11.3 Å². The molecule has 148 valence electrons. The molecule has 1 fully saturated rings. The van der Waals surface area contributed by atoms with Gasteiger partial charge in [0.25, 0.3) is 0 Å². The molecular weight excluding hydrogens is 326 g/mol. The highest BCUT2D eigenvalue weighted by atomic mass is 16.5. The summed E-state index contributed by atoms with van der Waals surface area (Å²) in [6, 6.07) is 0. The third-order valence-corrected chi connectivity index (χ3v) is 5.10. The molecule has 0 amide bonds. The Hall–Kier alpha value is -1.56. The number of aryl methyl sites for hydroxylation is 2. The zero-order valence-corrected chi connectivity index (χ0v) is 17.2. The van der Waals surface area contributed by atoms with Crippen LogP contribution in [0.15, 0.2) is 17.4 Å². The fourth-order valence-corrected chi connectivity index (χ4v) is 3.71. The molecule has 1 saturated heterocycles. The molecule has 0 saturated carbocycles. The fourth-order valence-electron chi connectivity index (χ4n) is 3.71. The second kappa shape index (κ2) is 9.95. The van der Waals surface area contributed by atoms with Crippen LogP contribution >= 0.6 is 0 Å². The number of guanidine groups is 1. The monoisotopic (exact) mass is 363 g/mol. The molecule has 1 aromatic rings. The molecule has 1 aliphatic rings. The lowest BCUT2D eigenvalue weighted by molar-refractivity contribution is -0.0835. The van der Waals surface area contributed by atoms with E-state index in [4.69, 9.17) is 4.74 Å². The van der Waals surface area contributed by atoms with E-state index in [-0.39, 0.29) is 5.41 Å².